The molecule has 21 heavy (non-hydrogen) atoms. The zero-order chi connectivity index (χ0) is 14.2. The van der Waals surface area contributed by atoms with Gasteiger partial charge in [0.2, 0.25) is 0 Å². The number of nitrogens with zero attached hydrogens (tertiary/aromatic N) is 1. The van der Waals surface area contributed by atoms with Crippen molar-refractivity contribution < 1.29 is 9.53 Å². The van der Waals surface area contributed by atoms with E-state index in [1.807, 2.05) is 23.1 Å². The largest absolute Gasteiger partial charge is 0.363 e. The van der Waals surface area contributed by atoms with Gasteiger partial charge in [0, 0.05) is 25.2 Å². The summed E-state index contributed by atoms with van der Waals surface area (Å²) in [6, 6.07) is 9.27. The van der Waals surface area contributed by atoms with Crippen LogP contribution in [0.25, 0.3) is 0 Å². The third-order valence-corrected chi connectivity index (χ3v) is 5.05. The molecule has 3 heterocycles. The lowest BCUT2D eigenvalue weighted by Crippen LogP contribution is -2.42. The van der Waals surface area contributed by atoms with E-state index in [0.717, 1.165) is 31.5 Å². The second-order valence-electron chi connectivity index (χ2n) is 6.41. The summed E-state index contributed by atoms with van der Waals surface area (Å²) in [5.41, 5.74) is 2.33. The van der Waals surface area contributed by atoms with Crippen molar-refractivity contribution >= 4 is 5.91 Å². The third kappa shape index (κ3) is 2.47. The predicted octanol–water partition coefficient (Wildman–Crippen LogP) is 1.65. The second kappa shape index (κ2) is 5.43. The summed E-state index contributed by atoms with van der Waals surface area (Å²) in [5, 5.41) is 3.63. The Balaban J connectivity index is 1.55. The molecule has 1 N–H and O–H groups in total. The Morgan fingerprint density at radius 3 is 3.00 bits per heavy atom. The van der Waals surface area contributed by atoms with Crippen LogP contribution in [0.5, 0.6) is 0 Å². The summed E-state index contributed by atoms with van der Waals surface area (Å²) in [6.07, 6.45) is 4.03. The first-order valence-corrected chi connectivity index (χ1v) is 8.05. The van der Waals surface area contributed by atoms with Gasteiger partial charge in [-0.2, -0.15) is 0 Å². The molecule has 1 aromatic carbocycles. The average Bonchev–Trinajstić information content (AvgIpc) is 2.85. The quantitative estimate of drug-likeness (QED) is 0.853. The summed E-state index contributed by atoms with van der Waals surface area (Å²) in [5.74, 6) is 0.150. The molecule has 4 heteroatoms. The minimum atomic E-state index is -0.397. The molecule has 2 fully saturated rings. The lowest BCUT2D eigenvalue weighted by atomic mass is 9.96. The van der Waals surface area contributed by atoms with Gasteiger partial charge in [0.25, 0.3) is 5.91 Å². The molecule has 3 aliphatic heterocycles. The van der Waals surface area contributed by atoms with Gasteiger partial charge in [0.05, 0.1) is 6.61 Å². The highest BCUT2D eigenvalue weighted by Crippen LogP contribution is 2.30. The average molecular weight is 286 g/mol. The molecule has 2 bridgehead atoms. The molecule has 3 atom stereocenters. The van der Waals surface area contributed by atoms with Gasteiger partial charge < -0.3 is 15.0 Å². The van der Waals surface area contributed by atoms with Gasteiger partial charge in [-0.05, 0) is 36.8 Å². The number of rotatable bonds is 1. The number of ether oxygens (including phenoxy) is 1. The van der Waals surface area contributed by atoms with E-state index < -0.39 is 6.10 Å². The van der Waals surface area contributed by atoms with Gasteiger partial charge in [-0.1, -0.05) is 24.3 Å². The topological polar surface area (TPSA) is 41.6 Å². The Bertz CT molecular complexity index is 545. The Morgan fingerprint density at radius 2 is 2.05 bits per heavy atom. The van der Waals surface area contributed by atoms with Gasteiger partial charge >= 0.3 is 0 Å². The van der Waals surface area contributed by atoms with Crippen LogP contribution in [0, 0.1) is 0 Å². The van der Waals surface area contributed by atoms with Crippen molar-refractivity contribution in [2.24, 2.45) is 0 Å². The van der Waals surface area contributed by atoms with Crippen molar-refractivity contribution in [2.45, 2.75) is 43.9 Å². The Morgan fingerprint density at radius 1 is 1.19 bits per heavy atom. The fraction of sp³-hybridized carbons (Fsp3) is 0.588. The minimum Gasteiger partial charge on any atom is -0.363 e. The Hall–Kier alpha value is -1.39. The smallest absolute Gasteiger partial charge is 0.256 e. The van der Waals surface area contributed by atoms with Crippen LogP contribution in [-0.2, 0) is 16.0 Å². The number of carbonyl (C=O) groups is 1. The lowest BCUT2D eigenvalue weighted by molar-refractivity contribution is -0.145. The normalized spacial score (nSPS) is 31.6. The van der Waals surface area contributed by atoms with Crippen LogP contribution in [0.1, 0.15) is 36.5 Å². The molecule has 0 spiro atoms. The molecule has 0 radical (unpaired) electrons. The second-order valence-corrected chi connectivity index (χ2v) is 6.41. The van der Waals surface area contributed by atoms with Crippen molar-refractivity contribution in [2.75, 3.05) is 19.7 Å². The standard InChI is InChI=1S/C17H22N2O2/c20-17(19-9-7-13-5-6-14(11-19)18-13)16-15-4-2-1-3-12(15)8-10-21-16/h1-4,13-14,16,18H,5-11H2. The predicted molar refractivity (Wildman–Crippen MR) is 80.0 cm³/mol. The summed E-state index contributed by atoms with van der Waals surface area (Å²) in [4.78, 5) is 14.9. The number of nitrogens with one attached hydrogen (secondary N) is 1. The van der Waals surface area contributed by atoms with Gasteiger partial charge in [0.1, 0.15) is 0 Å². The molecule has 1 aromatic rings. The van der Waals surface area contributed by atoms with Crippen molar-refractivity contribution in [3.8, 4) is 0 Å². The first-order chi connectivity index (χ1) is 10.3. The maximum Gasteiger partial charge on any atom is 0.256 e. The van der Waals surface area contributed by atoms with Crippen LogP contribution in [0.4, 0.5) is 0 Å². The summed E-state index contributed by atoms with van der Waals surface area (Å²) < 4.78 is 5.83. The molecule has 3 aliphatic rings. The monoisotopic (exact) mass is 286 g/mol. The Labute approximate surface area is 125 Å². The first kappa shape index (κ1) is 13.3. The number of hydrogen-bond donors (Lipinski definition) is 1. The molecule has 4 nitrogen and oxygen atoms in total. The molecular formula is C17H22N2O2. The fourth-order valence-electron chi connectivity index (χ4n) is 3.91. The van der Waals surface area contributed by atoms with Crippen LogP contribution < -0.4 is 5.32 Å². The van der Waals surface area contributed by atoms with E-state index in [0.29, 0.717) is 18.7 Å². The van der Waals surface area contributed by atoms with Crippen LogP contribution in [0.2, 0.25) is 0 Å². The number of likely N-dealkylation sites (tertiary alicyclic amines) is 1. The van der Waals surface area contributed by atoms with Crippen LogP contribution in [0.3, 0.4) is 0 Å². The number of carbonyl (C=O) groups excluding carboxylic acids is 1. The van der Waals surface area contributed by atoms with Crippen LogP contribution >= 0.6 is 0 Å². The van der Waals surface area contributed by atoms with E-state index in [1.54, 1.807) is 0 Å². The number of fused-ring (bicyclic) bond motifs is 3. The van der Waals surface area contributed by atoms with Crippen LogP contribution in [0.15, 0.2) is 24.3 Å². The van der Waals surface area contributed by atoms with Gasteiger partial charge in [-0.15, -0.1) is 0 Å². The number of amides is 1. The van der Waals surface area contributed by atoms with Crippen molar-refractivity contribution in [1.82, 2.24) is 10.2 Å². The molecule has 1 amide bonds. The van der Waals surface area contributed by atoms with E-state index >= 15 is 0 Å². The number of benzene rings is 1. The summed E-state index contributed by atoms with van der Waals surface area (Å²) in [6.45, 7) is 2.33. The van der Waals surface area contributed by atoms with Gasteiger partial charge in [-0.25, -0.2) is 0 Å². The van der Waals surface area contributed by atoms with Crippen molar-refractivity contribution in [3.63, 3.8) is 0 Å². The maximum absolute atomic E-state index is 12.9. The molecule has 0 aromatic heterocycles. The molecule has 0 saturated carbocycles. The van der Waals surface area contributed by atoms with Crippen molar-refractivity contribution in [3.05, 3.63) is 35.4 Å². The number of hydrogen-bond acceptors (Lipinski definition) is 3. The highest BCUT2D eigenvalue weighted by atomic mass is 16.5. The van der Waals surface area contributed by atoms with Crippen molar-refractivity contribution in [1.29, 1.82) is 0 Å². The first-order valence-electron chi connectivity index (χ1n) is 8.05. The maximum atomic E-state index is 12.9. The highest BCUT2D eigenvalue weighted by Gasteiger charge is 2.35. The zero-order valence-electron chi connectivity index (χ0n) is 12.3. The summed E-state index contributed by atoms with van der Waals surface area (Å²) in [7, 11) is 0. The zero-order valence-corrected chi connectivity index (χ0v) is 12.3. The van der Waals surface area contributed by atoms with E-state index in [9.17, 15) is 4.79 Å². The molecule has 2 saturated heterocycles. The third-order valence-electron chi connectivity index (χ3n) is 5.05. The molecule has 3 unspecified atom stereocenters. The van der Waals surface area contributed by atoms with E-state index in [4.69, 9.17) is 4.74 Å². The molecule has 4 rings (SSSR count). The summed E-state index contributed by atoms with van der Waals surface area (Å²) >= 11 is 0. The minimum absolute atomic E-state index is 0.150. The highest BCUT2D eigenvalue weighted by molar-refractivity contribution is 5.83. The van der Waals surface area contributed by atoms with Crippen LogP contribution in [-0.4, -0.2) is 42.6 Å². The SMILES string of the molecule is O=C(C1OCCc2ccccc21)N1CCC2CCC(C1)N2. The van der Waals surface area contributed by atoms with E-state index in [1.165, 1.54) is 18.4 Å². The molecular weight excluding hydrogens is 264 g/mol. The van der Waals surface area contributed by atoms with E-state index in [-0.39, 0.29) is 5.91 Å². The van der Waals surface area contributed by atoms with Gasteiger partial charge in [-0.3, -0.25) is 4.79 Å². The Kier molecular flexibility index (Phi) is 3.43. The van der Waals surface area contributed by atoms with E-state index in [2.05, 4.69) is 11.4 Å². The molecule has 112 valence electrons. The molecule has 0 aliphatic carbocycles. The lowest BCUT2D eigenvalue weighted by Gasteiger charge is -2.31. The fourth-order valence-corrected chi connectivity index (χ4v) is 3.91. The van der Waals surface area contributed by atoms with Gasteiger partial charge in [0.15, 0.2) is 6.10 Å².